The number of rotatable bonds is 1. The summed E-state index contributed by atoms with van der Waals surface area (Å²) in [5, 5.41) is 16.3. The fourth-order valence-corrected chi connectivity index (χ4v) is 0.980. The largest absolute Gasteiger partial charge is 0.491 e. The van der Waals surface area contributed by atoms with Crippen LogP contribution in [-0.4, -0.2) is 17.2 Å². The summed E-state index contributed by atoms with van der Waals surface area (Å²) >= 11 is 5.13. The first kappa shape index (κ1) is 10.4. The third kappa shape index (κ3) is 1.79. The van der Waals surface area contributed by atoms with E-state index in [9.17, 15) is 13.2 Å². The summed E-state index contributed by atoms with van der Waals surface area (Å²) in [6.07, 6.45) is 0. The highest BCUT2D eigenvalue weighted by Crippen LogP contribution is 2.18. The topological polar surface area (TPSA) is 40.5 Å². The second-order valence-corrected chi connectivity index (χ2v) is 2.67. The van der Waals surface area contributed by atoms with E-state index in [0.29, 0.717) is 6.07 Å². The van der Waals surface area contributed by atoms with Crippen molar-refractivity contribution in [1.82, 2.24) is 0 Å². The highest BCUT2D eigenvalue weighted by Gasteiger charge is 2.24. The summed E-state index contributed by atoms with van der Waals surface area (Å²) in [4.78, 5) is 0. The zero-order chi connectivity index (χ0) is 10.2. The van der Waals surface area contributed by atoms with Gasteiger partial charge in [0.2, 0.25) is 0 Å². The van der Waals surface area contributed by atoms with Crippen LogP contribution in [0.15, 0.2) is 6.07 Å². The van der Waals surface area contributed by atoms with Gasteiger partial charge in [-0.15, -0.1) is 0 Å². The molecule has 0 amide bonds. The molecule has 0 spiro atoms. The molecule has 0 saturated heterocycles. The smallest absolute Gasteiger partial charge is 0.423 e. The Kier molecular flexibility index (Phi) is 2.85. The van der Waals surface area contributed by atoms with Gasteiger partial charge < -0.3 is 10.0 Å². The number of benzene rings is 1. The molecule has 0 saturated carbocycles. The Morgan fingerprint density at radius 3 is 2.08 bits per heavy atom. The van der Waals surface area contributed by atoms with Gasteiger partial charge in [0.25, 0.3) is 0 Å². The van der Waals surface area contributed by atoms with Gasteiger partial charge in [0.05, 0.1) is 5.02 Å². The molecule has 13 heavy (non-hydrogen) atoms. The summed E-state index contributed by atoms with van der Waals surface area (Å²) in [6, 6.07) is 0.611. The number of hydrogen-bond donors (Lipinski definition) is 2. The number of halogens is 4. The van der Waals surface area contributed by atoms with Crippen molar-refractivity contribution < 1.29 is 23.2 Å². The average Bonchev–Trinajstić information content (AvgIpc) is 2.07. The first-order valence-electron chi connectivity index (χ1n) is 3.14. The minimum absolute atomic E-state index is 0.611. The van der Waals surface area contributed by atoms with Gasteiger partial charge in [0, 0.05) is 5.46 Å². The molecule has 0 fully saturated rings. The van der Waals surface area contributed by atoms with Crippen molar-refractivity contribution in [3.05, 3.63) is 28.5 Å². The van der Waals surface area contributed by atoms with Gasteiger partial charge in [-0.1, -0.05) is 11.6 Å². The van der Waals surface area contributed by atoms with E-state index in [2.05, 4.69) is 0 Å². The van der Waals surface area contributed by atoms with Gasteiger partial charge in [-0.3, -0.25) is 0 Å². The summed E-state index contributed by atoms with van der Waals surface area (Å²) in [7, 11) is -2.23. The molecule has 0 aromatic heterocycles. The van der Waals surface area contributed by atoms with Gasteiger partial charge in [-0.25, -0.2) is 13.2 Å². The van der Waals surface area contributed by atoms with Crippen LogP contribution in [0, 0.1) is 17.5 Å². The molecule has 0 unspecified atom stereocenters. The van der Waals surface area contributed by atoms with E-state index in [-0.39, 0.29) is 0 Å². The molecule has 7 heteroatoms. The van der Waals surface area contributed by atoms with Crippen LogP contribution in [0.25, 0.3) is 0 Å². The average molecular weight is 210 g/mol. The van der Waals surface area contributed by atoms with Crippen LogP contribution >= 0.6 is 11.6 Å². The lowest BCUT2D eigenvalue weighted by Crippen LogP contribution is -2.34. The lowest BCUT2D eigenvalue weighted by atomic mass is 9.80. The van der Waals surface area contributed by atoms with Crippen LogP contribution in [0.1, 0.15) is 0 Å². The Labute approximate surface area is 76.7 Å². The molecule has 0 atom stereocenters. The number of hydrogen-bond acceptors (Lipinski definition) is 2. The molecule has 2 N–H and O–H groups in total. The normalized spacial score (nSPS) is 10.3. The van der Waals surface area contributed by atoms with Crippen LogP contribution < -0.4 is 5.46 Å². The van der Waals surface area contributed by atoms with Gasteiger partial charge in [-0.05, 0) is 6.07 Å². The molecule has 1 aromatic carbocycles. The summed E-state index contributed by atoms with van der Waals surface area (Å²) in [5.74, 6) is -5.03. The Bertz CT molecular complexity index is 345. The maximum atomic E-state index is 12.7. The summed E-state index contributed by atoms with van der Waals surface area (Å²) in [5.41, 5.74) is -0.802. The monoisotopic (exact) mass is 210 g/mol. The van der Waals surface area contributed by atoms with E-state index in [4.69, 9.17) is 21.6 Å². The van der Waals surface area contributed by atoms with Crippen LogP contribution in [0.4, 0.5) is 13.2 Å². The van der Waals surface area contributed by atoms with E-state index in [1.807, 2.05) is 0 Å². The molecular weight excluding hydrogens is 207 g/mol. The van der Waals surface area contributed by atoms with E-state index in [0.717, 1.165) is 0 Å². The van der Waals surface area contributed by atoms with Gasteiger partial charge in [0.1, 0.15) is 0 Å². The van der Waals surface area contributed by atoms with Gasteiger partial charge in [-0.2, -0.15) is 0 Å². The third-order valence-electron chi connectivity index (χ3n) is 1.41. The molecule has 2 nitrogen and oxygen atoms in total. The molecule has 70 valence electrons. The highest BCUT2D eigenvalue weighted by atomic mass is 35.5. The molecule has 0 heterocycles. The van der Waals surface area contributed by atoms with Crippen molar-refractivity contribution in [2.45, 2.75) is 0 Å². The van der Waals surface area contributed by atoms with Crippen molar-refractivity contribution in [3.63, 3.8) is 0 Å². The SMILES string of the molecule is OB(O)c1cc(Cl)c(F)c(F)c1F. The van der Waals surface area contributed by atoms with Crippen LogP contribution in [0.2, 0.25) is 5.02 Å². The summed E-state index contributed by atoms with van der Waals surface area (Å²) in [6.45, 7) is 0. The molecule has 0 bridgehead atoms. The molecular formula is C6H3BClF3O2. The lowest BCUT2D eigenvalue weighted by Gasteiger charge is -2.04. The van der Waals surface area contributed by atoms with Gasteiger partial charge >= 0.3 is 7.12 Å². The molecule has 0 radical (unpaired) electrons. The first-order valence-corrected chi connectivity index (χ1v) is 3.52. The second-order valence-electron chi connectivity index (χ2n) is 2.26. The zero-order valence-electron chi connectivity index (χ0n) is 6.06. The van der Waals surface area contributed by atoms with Crippen molar-refractivity contribution in [2.24, 2.45) is 0 Å². The Balaban J connectivity index is 3.41. The quantitative estimate of drug-likeness (QED) is 0.401. The van der Waals surface area contributed by atoms with Crippen LogP contribution in [0.5, 0.6) is 0 Å². The van der Waals surface area contributed by atoms with E-state index in [1.165, 1.54) is 0 Å². The predicted molar refractivity (Wildman–Crippen MR) is 41.2 cm³/mol. The molecule has 0 aliphatic heterocycles. The zero-order valence-corrected chi connectivity index (χ0v) is 6.82. The Morgan fingerprint density at radius 2 is 1.62 bits per heavy atom. The molecule has 1 rings (SSSR count). The van der Waals surface area contributed by atoms with E-state index >= 15 is 0 Å². The lowest BCUT2D eigenvalue weighted by molar-refractivity contribution is 0.415. The van der Waals surface area contributed by atoms with Crippen molar-refractivity contribution in [3.8, 4) is 0 Å². The minimum Gasteiger partial charge on any atom is -0.423 e. The molecule has 1 aromatic rings. The molecule has 0 aliphatic rings. The first-order chi connectivity index (χ1) is 5.95. The maximum absolute atomic E-state index is 12.7. The minimum atomic E-state index is -2.23. The third-order valence-corrected chi connectivity index (χ3v) is 1.68. The fourth-order valence-electron chi connectivity index (χ4n) is 0.779. The highest BCUT2D eigenvalue weighted by molar-refractivity contribution is 6.59. The fraction of sp³-hybridized carbons (Fsp3) is 0. The van der Waals surface area contributed by atoms with Crippen molar-refractivity contribution >= 4 is 24.2 Å². The van der Waals surface area contributed by atoms with Gasteiger partial charge in [0.15, 0.2) is 17.5 Å². The second kappa shape index (κ2) is 3.57. The molecule has 0 aliphatic carbocycles. The Hall–Kier alpha value is -0.715. The maximum Gasteiger partial charge on any atom is 0.491 e. The van der Waals surface area contributed by atoms with E-state index in [1.54, 1.807) is 0 Å². The Morgan fingerprint density at radius 1 is 1.08 bits per heavy atom. The van der Waals surface area contributed by atoms with Crippen molar-refractivity contribution in [1.29, 1.82) is 0 Å². The van der Waals surface area contributed by atoms with Crippen LogP contribution in [-0.2, 0) is 0 Å². The van der Waals surface area contributed by atoms with E-state index < -0.39 is 35.1 Å². The van der Waals surface area contributed by atoms with Crippen LogP contribution in [0.3, 0.4) is 0 Å². The van der Waals surface area contributed by atoms with Crippen molar-refractivity contribution in [2.75, 3.05) is 0 Å². The standard InChI is InChI=1S/C6H3BClF3O2/c8-3-1-2(7(12)13)4(9)6(11)5(3)10/h1,12-13H. The predicted octanol–water partition coefficient (Wildman–Crippen LogP) is 0.437. The summed E-state index contributed by atoms with van der Waals surface area (Å²) < 4.78 is 37.8.